The normalized spacial score (nSPS) is 14.1. The van der Waals surface area contributed by atoms with Gasteiger partial charge in [-0.15, -0.1) is 11.3 Å². The summed E-state index contributed by atoms with van der Waals surface area (Å²) in [7, 11) is 1.75. The highest BCUT2D eigenvalue weighted by molar-refractivity contribution is 7.09. The molecule has 0 saturated heterocycles. The van der Waals surface area contributed by atoms with Crippen LogP contribution in [-0.4, -0.2) is 18.8 Å². The second-order valence-corrected chi connectivity index (χ2v) is 5.58. The number of hydrogen-bond acceptors (Lipinski definition) is 3. The Kier molecular flexibility index (Phi) is 4.77. The van der Waals surface area contributed by atoms with E-state index >= 15 is 0 Å². The summed E-state index contributed by atoms with van der Waals surface area (Å²) in [5, 5.41) is 2.10. The molecular weight excluding hydrogens is 206 g/mol. The van der Waals surface area contributed by atoms with Crippen molar-refractivity contribution in [3.63, 3.8) is 0 Å². The molecule has 1 atom stereocenters. The molecule has 0 spiro atoms. The number of thiophene rings is 1. The number of nitrogens with two attached hydrogens (primary N) is 1. The SMILES string of the molecule is COC(C)(C)CCC(N)Cc1cccs1. The first kappa shape index (κ1) is 12.7. The molecular formula is C12H21NOS. The number of hydrogen-bond donors (Lipinski definition) is 1. The second kappa shape index (κ2) is 5.64. The molecule has 1 heterocycles. The van der Waals surface area contributed by atoms with E-state index in [1.165, 1.54) is 4.88 Å². The number of ether oxygens (including phenoxy) is 1. The summed E-state index contributed by atoms with van der Waals surface area (Å²) >= 11 is 1.78. The summed E-state index contributed by atoms with van der Waals surface area (Å²) in [6.07, 6.45) is 3.01. The number of methoxy groups -OCH3 is 1. The van der Waals surface area contributed by atoms with E-state index in [0.29, 0.717) is 0 Å². The summed E-state index contributed by atoms with van der Waals surface area (Å²) < 4.78 is 5.37. The van der Waals surface area contributed by atoms with Crippen LogP contribution in [0.2, 0.25) is 0 Å². The van der Waals surface area contributed by atoms with Crippen LogP contribution in [-0.2, 0) is 11.2 Å². The van der Waals surface area contributed by atoms with Crippen molar-refractivity contribution in [1.29, 1.82) is 0 Å². The standard InChI is InChI=1S/C12H21NOS/c1-12(2,14-3)7-6-10(13)9-11-5-4-8-15-11/h4-5,8,10H,6-7,9,13H2,1-3H3. The van der Waals surface area contributed by atoms with Crippen molar-refractivity contribution in [2.24, 2.45) is 5.73 Å². The van der Waals surface area contributed by atoms with Gasteiger partial charge in [-0.05, 0) is 44.6 Å². The zero-order valence-corrected chi connectivity index (χ0v) is 10.6. The Balaban J connectivity index is 2.28. The third-order valence-electron chi connectivity index (χ3n) is 2.71. The molecule has 0 saturated carbocycles. The molecule has 0 aromatic carbocycles. The van der Waals surface area contributed by atoms with E-state index in [1.807, 2.05) is 0 Å². The van der Waals surface area contributed by atoms with Crippen LogP contribution in [0.3, 0.4) is 0 Å². The van der Waals surface area contributed by atoms with Crippen molar-refractivity contribution in [2.75, 3.05) is 7.11 Å². The Bertz CT molecular complexity index is 269. The molecule has 0 bridgehead atoms. The summed E-state index contributed by atoms with van der Waals surface area (Å²) in [4.78, 5) is 1.37. The van der Waals surface area contributed by atoms with Gasteiger partial charge in [0.25, 0.3) is 0 Å². The maximum atomic E-state index is 6.08. The van der Waals surface area contributed by atoms with Crippen molar-refractivity contribution in [2.45, 2.75) is 44.8 Å². The van der Waals surface area contributed by atoms with Crippen LogP contribution in [0.4, 0.5) is 0 Å². The molecule has 15 heavy (non-hydrogen) atoms. The predicted molar refractivity (Wildman–Crippen MR) is 66.3 cm³/mol. The molecule has 0 aliphatic rings. The summed E-state index contributed by atoms with van der Waals surface area (Å²) in [6, 6.07) is 4.47. The fourth-order valence-corrected chi connectivity index (χ4v) is 2.22. The highest BCUT2D eigenvalue weighted by Gasteiger charge is 2.17. The van der Waals surface area contributed by atoms with Crippen molar-refractivity contribution in [3.8, 4) is 0 Å². The maximum Gasteiger partial charge on any atom is 0.0623 e. The summed E-state index contributed by atoms with van der Waals surface area (Å²) in [5.41, 5.74) is 6.03. The van der Waals surface area contributed by atoms with E-state index < -0.39 is 0 Å². The lowest BCUT2D eigenvalue weighted by atomic mass is 9.97. The third kappa shape index (κ3) is 4.78. The molecule has 0 amide bonds. The molecule has 2 N–H and O–H groups in total. The third-order valence-corrected chi connectivity index (χ3v) is 3.61. The molecule has 0 radical (unpaired) electrons. The average Bonchev–Trinajstić information content (AvgIpc) is 2.68. The van der Waals surface area contributed by atoms with E-state index in [9.17, 15) is 0 Å². The fourth-order valence-electron chi connectivity index (χ4n) is 1.42. The van der Waals surface area contributed by atoms with E-state index in [1.54, 1.807) is 18.4 Å². The lowest BCUT2D eigenvalue weighted by molar-refractivity contribution is 0.0125. The molecule has 1 unspecified atom stereocenters. The van der Waals surface area contributed by atoms with E-state index in [-0.39, 0.29) is 11.6 Å². The Morgan fingerprint density at radius 3 is 2.80 bits per heavy atom. The average molecular weight is 227 g/mol. The first-order valence-electron chi connectivity index (χ1n) is 5.36. The quantitative estimate of drug-likeness (QED) is 0.811. The molecule has 0 fully saturated rings. The van der Waals surface area contributed by atoms with Crippen LogP contribution in [0.15, 0.2) is 17.5 Å². The monoisotopic (exact) mass is 227 g/mol. The first-order valence-corrected chi connectivity index (χ1v) is 6.24. The molecule has 0 aliphatic carbocycles. The van der Waals surface area contributed by atoms with Gasteiger partial charge in [0.1, 0.15) is 0 Å². The van der Waals surface area contributed by atoms with Crippen LogP contribution in [0.1, 0.15) is 31.6 Å². The molecule has 3 heteroatoms. The van der Waals surface area contributed by atoms with Gasteiger partial charge in [-0.1, -0.05) is 6.07 Å². The van der Waals surface area contributed by atoms with Gasteiger partial charge in [-0.25, -0.2) is 0 Å². The zero-order chi connectivity index (χ0) is 11.3. The fraction of sp³-hybridized carbons (Fsp3) is 0.667. The Hall–Kier alpha value is -0.380. The van der Waals surface area contributed by atoms with E-state index in [0.717, 1.165) is 19.3 Å². The van der Waals surface area contributed by atoms with Gasteiger partial charge in [0.2, 0.25) is 0 Å². The minimum absolute atomic E-state index is 0.0485. The van der Waals surface area contributed by atoms with Crippen LogP contribution in [0.5, 0.6) is 0 Å². The number of rotatable bonds is 6. The highest BCUT2D eigenvalue weighted by Crippen LogP contribution is 2.18. The molecule has 86 valence electrons. The van der Waals surface area contributed by atoms with Gasteiger partial charge in [0, 0.05) is 18.0 Å². The van der Waals surface area contributed by atoms with Gasteiger partial charge in [0.15, 0.2) is 0 Å². The van der Waals surface area contributed by atoms with Crippen LogP contribution < -0.4 is 5.73 Å². The highest BCUT2D eigenvalue weighted by atomic mass is 32.1. The lowest BCUT2D eigenvalue weighted by Crippen LogP contribution is -2.29. The predicted octanol–water partition coefficient (Wildman–Crippen LogP) is 2.82. The smallest absolute Gasteiger partial charge is 0.0623 e. The molecule has 1 rings (SSSR count). The Labute approximate surface area is 96.4 Å². The van der Waals surface area contributed by atoms with Crippen molar-refractivity contribution in [3.05, 3.63) is 22.4 Å². The minimum Gasteiger partial charge on any atom is -0.379 e. The van der Waals surface area contributed by atoms with Crippen molar-refractivity contribution >= 4 is 11.3 Å². The summed E-state index contributed by atoms with van der Waals surface area (Å²) in [6.45, 7) is 4.20. The van der Waals surface area contributed by atoms with Gasteiger partial charge in [0.05, 0.1) is 5.60 Å². The van der Waals surface area contributed by atoms with E-state index in [4.69, 9.17) is 10.5 Å². The summed E-state index contributed by atoms with van der Waals surface area (Å²) in [5.74, 6) is 0. The molecule has 0 aliphatic heterocycles. The lowest BCUT2D eigenvalue weighted by Gasteiger charge is -2.24. The minimum atomic E-state index is -0.0485. The van der Waals surface area contributed by atoms with Crippen molar-refractivity contribution in [1.82, 2.24) is 0 Å². The molecule has 1 aromatic heterocycles. The van der Waals surface area contributed by atoms with Crippen LogP contribution >= 0.6 is 11.3 Å². The topological polar surface area (TPSA) is 35.2 Å². The van der Waals surface area contributed by atoms with Crippen LogP contribution in [0.25, 0.3) is 0 Å². The van der Waals surface area contributed by atoms with E-state index in [2.05, 4.69) is 31.4 Å². The Morgan fingerprint density at radius 2 is 2.27 bits per heavy atom. The van der Waals surface area contributed by atoms with Crippen molar-refractivity contribution < 1.29 is 4.74 Å². The van der Waals surface area contributed by atoms with Gasteiger partial charge in [-0.3, -0.25) is 0 Å². The maximum absolute atomic E-state index is 6.08. The molecule has 1 aromatic rings. The van der Waals surface area contributed by atoms with Crippen LogP contribution in [0, 0.1) is 0 Å². The Morgan fingerprint density at radius 1 is 1.53 bits per heavy atom. The largest absolute Gasteiger partial charge is 0.379 e. The van der Waals surface area contributed by atoms with Gasteiger partial charge < -0.3 is 10.5 Å². The van der Waals surface area contributed by atoms with Gasteiger partial charge in [-0.2, -0.15) is 0 Å². The molecule has 2 nitrogen and oxygen atoms in total. The first-order chi connectivity index (χ1) is 7.03. The second-order valence-electron chi connectivity index (χ2n) is 4.55. The zero-order valence-electron chi connectivity index (χ0n) is 9.82. The van der Waals surface area contributed by atoms with Gasteiger partial charge >= 0.3 is 0 Å².